The Labute approximate surface area is 120 Å². The third-order valence-corrected chi connectivity index (χ3v) is 4.08. The van der Waals surface area contributed by atoms with E-state index in [0.717, 1.165) is 37.9 Å². The molecule has 5 nitrogen and oxygen atoms in total. The van der Waals surface area contributed by atoms with Gasteiger partial charge < -0.3 is 15.0 Å². The van der Waals surface area contributed by atoms with Crippen LogP contribution in [0.4, 0.5) is 0 Å². The van der Waals surface area contributed by atoms with Crippen LogP contribution in [0.1, 0.15) is 57.0 Å². The molecule has 1 aliphatic carbocycles. The van der Waals surface area contributed by atoms with Gasteiger partial charge in [0.25, 0.3) is 5.56 Å². The highest BCUT2D eigenvalue weighted by Gasteiger charge is 2.35. The van der Waals surface area contributed by atoms with E-state index in [1.54, 1.807) is 13.2 Å². The number of ether oxygens (including phenoxy) is 1. The van der Waals surface area contributed by atoms with E-state index in [-0.39, 0.29) is 5.56 Å². The van der Waals surface area contributed by atoms with Gasteiger partial charge in [-0.05, 0) is 19.4 Å². The van der Waals surface area contributed by atoms with Crippen molar-refractivity contribution in [3.05, 3.63) is 27.9 Å². The summed E-state index contributed by atoms with van der Waals surface area (Å²) < 4.78 is 5.81. The molecule has 2 N–H and O–H groups in total. The summed E-state index contributed by atoms with van der Waals surface area (Å²) in [5.74, 6) is 0.697. The largest absolute Gasteiger partial charge is 0.370 e. The summed E-state index contributed by atoms with van der Waals surface area (Å²) in [4.78, 5) is 19.4. The number of hydrogen-bond donors (Lipinski definition) is 2. The van der Waals surface area contributed by atoms with Crippen LogP contribution in [0.3, 0.4) is 0 Å². The summed E-state index contributed by atoms with van der Waals surface area (Å²) in [6, 6.07) is 1.56. The number of rotatable bonds is 5. The Hall–Kier alpha value is -1.20. The molecule has 0 amide bonds. The second-order valence-corrected chi connectivity index (χ2v) is 5.48. The van der Waals surface area contributed by atoms with E-state index >= 15 is 0 Å². The van der Waals surface area contributed by atoms with Crippen LogP contribution in [0.2, 0.25) is 0 Å². The average Bonchev–Trinajstić information content (AvgIpc) is 2.71. The molecule has 1 saturated carbocycles. The van der Waals surface area contributed by atoms with Crippen LogP contribution in [0.25, 0.3) is 0 Å². The van der Waals surface area contributed by atoms with Crippen molar-refractivity contribution in [1.82, 2.24) is 15.3 Å². The number of aromatic nitrogens is 2. The van der Waals surface area contributed by atoms with Crippen LogP contribution in [0.5, 0.6) is 0 Å². The number of methoxy groups -OCH3 is 1. The van der Waals surface area contributed by atoms with Crippen LogP contribution < -0.4 is 10.9 Å². The first-order chi connectivity index (χ1) is 9.70. The van der Waals surface area contributed by atoms with Gasteiger partial charge in [0.05, 0.1) is 5.69 Å². The third kappa shape index (κ3) is 3.46. The Morgan fingerprint density at radius 3 is 2.65 bits per heavy atom. The fourth-order valence-electron chi connectivity index (χ4n) is 2.90. The molecule has 0 radical (unpaired) electrons. The van der Waals surface area contributed by atoms with Gasteiger partial charge in [0.15, 0.2) is 0 Å². The molecule has 1 aromatic heterocycles. The second-order valence-electron chi connectivity index (χ2n) is 5.48. The summed E-state index contributed by atoms with van der Waals surface area (Å²) in [6.45, 7) is 3.52. The van der Waals surface area contributed by atoms with Gasteiger partial charge in [0.2, 0.25) is 0 Å². The van der Waals surface area contributed by atoms with Gasteiger partial charge in [-0.3, -0.25) is 4.79 Å². The Morgan fingerprint density at radius 2 is 2.05 bits per heavy atom. The van der Waals surface area contributed by atoms with Gasteiger partial charge in [-0.2, -0.15) is 0 Å². The first-order valence-corrected chi connectivity index (χ1v) is 7.57. The molecule has 1 heterocycles. The van der Waals surface area contributed by atoms with Gasteiger partial charge in [0.1, 0.15) is 11.4 Å². The maximum Gasteiger partial charge on any atom is 0.251 e. The first kappa shape index (κ1) is 15.2. The van der Waals surface area contributed by atoms with E-state index in [0.29, 0.717) is 12.4 Å². The van der Waals surface area contributed by atoms with Crippen molar-refractivity contribution < 1.29 is 4.74 Å². The Bertz CT molecular complexity index is 476. The Kier molecular flexibility index (Phi) is 5.31. The predicted octanol–water partition coefficient (Wildman–Crippen LogP) is 2.08. The lowest BCUT2D eigenvalue weighted by molar-refractivity contribution is -0.0355. The number of H-pyrrole nitrogens is 1. The minimum Gasteiger partial charge on any atom is -0.370 e. The molecule has 5 heteroatoms. The van der Waals surface area contributed by atoms with Gasteiger partial charge in [-0.25, -0.2) is 4.98 Å². The van der Waals surface area contributed by atoms with Crippen molar-refractivity contribution in [2.75, 3.05) is 13.7 Å². The van der Waals surface area contributed by atoms with E-state index in [4.69, 9.17) is 4.74 Å². The highest BCUT2D eigenvalue weighted by Crippen LogP contribution is 2.36. The molecule has 20 heavy (non-hydrogen) atoms. The summed E-state index contributed by atoms with van der Waals surface area (Å²) in [7, 11) is 1.72. The van der Waals surface area contributed by atoms with Crippen molar-refractivity contribution >= 4 is 0 Å². The number of nitrogens with zero attached hydrogens (tertiary/aromatic N) is 1. The Morgan fingerprint density at radius 1 is 1.35 bits per heavy atom. The maximum atomic E-state index is 11.9. The lowest BCUT2D eigenvalue weighted by atomic mass is 9.93. The highest BCUT2D eigenvalue weighted by atomic mass is 16.5. The predicted molar refractivity (Wildman–Crippen MR) is 78.6 cm³/mol. The zero-order valence-corrected chi connectivity index (χ0v) is 12.5. The van der Waals surface area contributed by atoms with Crippen molar-refractivity contribution in [3.8, 4) is 0 Å². The lowest BCUT2D eigenvalue weighted by Crippen LogP contribution is -2.33. The van der Waals surface area contributed by atoms with Crippen LogP contribution in [-0.2, 0) is 16.9 Å². The van der Waals surface area contributed by atoms with Gasteiger partial charge in [-0.15, -0.1) is 0 Å². The van der Waals surface area contributed by atoms with Crippen molar-refractivity contribution in [1.29, 1.82) is 0 Å². The molecule has 1 fully saturated rings. The molecule has 0 atom stereocenters. The van der Waals surface area contributed by atoms with Gasteiger partial charge >= 0.3 is 0 Å². The van der Waals surface area contributed by atoms with E-state index in [1.165, 1.54) is 12.8 Å². The third-order valence-electron chi connectivity index (χ3n) is 4.08. The molecule has 0 bridgehead atoms. The summed E-state index contributed by atoms with van der Waals surface area (Å²) >= 11 is 0. The quantitative estimate of drug-likeness (QED) is 0.810. The van der Waals surface area contributed by atoms with Crippen LogP contribution in [-0.4, -0.2) is 23.6 Å². The zero-order valence-electron chi connectivity index (χ0n) is 12.5. The molecule has 112 valence electrons. The zero-order chi connectivity index (χ0) is 14.4. The van der Waals surface area contributed by atoms with Crippen LogP contribution in [0, 0.1) is 0 Å². The standard InChI is InChI=1S/C15H25N3O2/c1-3-16-11-12-10-13(19)18-14(17-12)15(20-2)8-6-4-5-7-9-15/h10,16H,3-9,11H2,1-2H3,(H,17,18,19). The molecular weight excluding hydrogens is 254 g/mol. The summed E-state index contributed by atoms with van der Waals surface area (Å²) in [5, 5.41) is 3.21. The minimum absolute atomic E-state index is 0.0939. The lowest BCUT2D eigenvalue weighted by Gasteiger charge is -2.30. The van der Waals surface area contributed by atoms with Crippen molar-refractivity contribution in [2.45, 2.75) is 57.6 Å². The van der Waals surface area contributed by atoms with Crippen molar-refractivity contribution in [3.63, 3.8) is 0 Å². The van der Waals surface area contributed by atoms with Gasteiger partial charge in [-0.1, -0.05) is 32.6 Å². The van der Waals surface area contributed by atoms with Crippen molar-refractivity contribution in [2.24, 2.45) is 0 Å². The highest BCUT2D eigenvalue weighted by molar-refractivity contribution is 5.09. The molecule has 1 aromatic rings. The molecule has 0 spiro atoms. The smallest absolute Gasteiger partial charge is 0.251 e. The van der Waals surface area contributed by atoms with E-state index in [2.05, 4.69) is 15.3 Å². The van der Waals surface area contributed by atoms with Crippen LogP contribution in [0.15, 0.2) is 10.9 Å². The fourth-order valence-corrected chi connectivity index (χ4v) is 2.90. The number of hydrogen-bond acceptors (Lipinski definition) is 4. The minimum atomic E-state index is -0.419. The summed E-state index contributed by atoms with van der Waals surface area (Å²) in [6.07, 6.45) is 6.55. The fraction of sp³-hybridized carbons (Fsp3) is 0.733. The monoisotopic (exact) mass is 279 g/mol. The summed E-state index contributed by atoms with van der Waals surface area (Å²) in [5.41, 5.74) is 0.271. The van der Waals surface area contributed by atoms with E-state index in [1.807, 2.05) is 6.92 Å². The molecule has 2 rings (SSSR count). The molecule has 1 aliphatic rings. The van der Waals surface area contributed by atoms with Gasteiger partial charge in [0, 0.05) is 19.7 Å². The number of aromatic amines is 1. The van der Waals surface area contributed by atoms with Crippen LogP contribution >= 0.6 is 0 Å². The molecule has 0 aliphatic heterocycles. The maximum absolute atomic E-state index is 11.9. The molecule has 0 aromatic carbocycles. The average molecular weight is 279 g/mol. The molecule has 0 unspecified atom stereocenters. The SMILES string of the molecule is CCNCc1cc(=O)[nH]c(C2(OC)CCCCCC2)n1. The van der Waals surface area contributed by atoms with E-state index < -0.39 is 5.60 Å². The molecular formula is C15H25N3O2. The van der Waals surface area contributed by atoms with E-state index in [9.17, 15) is 4.79 Å². The normalized spacial score (nSPS) is 18.7. The number of nitrogens with one attached hydrogen (secondary N) is 2. The Balaban J connectivity index is 2.32. The first-order valence-electron chi connectivity index (χ1n) is 7.57. The molecule has 0 saturated heterocycles. The second kappa shape index (κ2) is 6.99. The topological polar surface area (TPSA) is 67.0 Å².